The second kappa shape index (κ2) is 8.37. The number of imidazole rings is 1. The maximum absolute atomic E-state index is 12.5. The number of rotatable bonds is 6. The summed E-state index contributed by atoms with van der Waals surface area (Å²) in [5, 5.41) is 13.0. The van der Waals surface area contributed by atoms with Gasteiger partial charge in [0.25, 0.3) is 0 Å². The van der Waals surface area contributed by atoms with Crippen molar-refractivity contribution in [2.24, 2.45) is 0 Å². The number of benzene rings is 1. The number of thiophene rings is 1. The largest absolute Gasteiger partial charge is 0.324 e. The number of nitrogens with zero attached hydrogens (tertiary/aromatic N) is 5. The van der Waals surface area contributed by atoms with Gasteiger partial charge in [-0.15, -0.1) is 0 Å². The van der Waals surface area contributed by atoms with E-state index in [0.29, 0.717) is 12.6 Å². The number of aromatic nitrogens is 3. The molecule has 0 radical (unpaired) electrons. The molecule has 0 atom stereocenters. The van der Waals surface area contributed by atoms with E-state index in [4.69, 9.17) is 0 Å². The molecular weight excluding hydrogens is 434 g/mol. The van der Waals surface area contributed by atoms with Crippen molar-refractivity contribution < 1.29 is 4.92 Å². The lowest BCUT2D eigenvalue weighted by atomic mass is 9.95. The molecule has 1 fully saturated rings. The van der Waals surface area contributed by atoms with Crippen LogP contribution in [0.2, 0.25) is 0 Å². The quantitative estimate of drug-likeness (QED) is 0.323. The van der Waals surface area contributed by atoms with Crippen molar-refractivity contribution >= 4 is 37.9 Å². The van der Waals surface area contributed by atoms with Crippen LogP contribution in [0.4, 0.5) is 5.00 Å². The third kappa shape index (κ3) is 4.06. The fourth-order valence-corrected chi connectivity index (χ4v) is 5.85. The molecule has 0 bridgehead atoms. The van der Waals surface area contributed by atoms with Crippen molar-refractivity contribution in [1.82, 2.24) is 19.0 Å². The van der Waals surface area contributed by atoms with Gasteiger partial charge in [0.15, 0.2) is 0 Å². The number of nitro groups is 1. The molecule has 4 aromatic rings. The van der Waals surface area contributed by atoms with Gasteiger partial charge in [0, 0.05) is 36.3 Å². The molecule has 10 heteroatoms. The maximum atomic E-state index is 12.5. The van der Waals surface area contributed by atoms with Crippen LogP contribution in [0.5, 0.6) is 0 Å². The lowest BCUT2D eigenvalue weighted by Crippen LogP contribution is -2.33. The predicted molar refractivity (Wildman–Crippen MR) is 122 cm³/mol. The van der Waals surface area contributed by atoms with E-state index < -0.39 is 0 Å². The zero-order chi connectivity index (χ0) is 21.4. The van der Waals surface area contributed by atoms with Gasteiger partial charge in [-0.25, -0.2) is 4.98 Å². The molecular formula is C21H21N5O3S2. The fourth-order valence-electron chi connectivity index (χ4n) is 4.25. The summed E-state index contributed by atoms with van der Waals surface area (Å²) in [7, 11) is 0. The lowest BCUT2D eigenvalue weighted by Gasteiger charge is -2.31. The van der Waals surface area contributed by atoms with Crippen molar-refractivity contribution in [2.75, 3.05) is 13.1 Å². The maximum Gasteiger partial charge on any atom is 0.324 e. The van der Waals surface area contributed by atoms with E-state index >= 15 is 0 Å². The number of hydrogen-bond acceptors (Lipinski definition) is 7. The Hall–Kier alpha value is -2.82. The molecule has 0 unspecified atom stereocenters. The lowest BCUT2D eigenvalue weighted by molar-refractivity contribution is -0.380. The summed E-state index contributed by atoms with van der Waals surface area (Å²) < 4.78 is 4.89. The minimum atomic E-state index is -0.331. The minimum absolute atomic E-state index is 0.0422. The minimum Gasteiger partial charge on any atom is -0.316 e. The van der Waals surface area contributed by atoms with Crippen LogP contribution in [0, 0.1) is 10.1 Å². The molecule has 160 valence electrons. The highest BCUT2D eigenvalue weighted by atomic mass is 32.1. The van der Waals surface area contributed by atoms with E-state index in [1.54, 1.807) is 6.07 Å². The first kappa shape index (κ1) is 20.1. The van der Waals surface area contributed by atoms with Crippen molar-refractivity contribution in [2.45, 2.75) is 32.0 Å². The van der Waals surface area contributed by atoms with E-state index in [-0.39, 0.29) is 14.8 Å². The standard InChI is InChI=1S/C21H21N5O3S2/c27-21-25(17-3-1-2-4-18(17)31-21)14-24-10-7-22-20(24)16-5-8-23(9-6-16)12-15-11-19(26(28)29)30-13-15/h1-4,7,10-11,13,16H,5-6,8-9,12,14H2. The third-order valence-electron chi connectivity index (χ3n) is 5.79. The van der Waals surface area contributed by atoms with Crippen molar-refractivity contribution in [1.29, 1.82) is 0 Å². The Bertz CT molecular complexity index is 1280. The zero-order valence-corrected chi connectivity index (χ0v) is 18.3. The van der Waals surface area contributed by atoms with Crippen LogP contribution in [0.15, 0.2) is 52.9 Å². The highest BCUT2D eigenvalue weighted by molar-refractivity contribution is 7.16. The van der Waals surface area contributed by atoms with Gasteiger partial charge < -0.3 is 4.57 Å². The van der Waals surface area contributed by atoms with Gasteiger partial charge in [-0.1, -0.05) is 34.8 Å². The normalized spacial score (nSPS) is 15.6. The van der Waals surface area contributed by atoms with Crippen LogP contribution in [0.3, 0.4) is 0 Å². The Kier molecular flexibility index (Phi) is 5.43. The summed E-state index contributed by atoms with van der Waals surface area (Å²) in [4.78, 5) is 30.1. The molecule has 0 aliphatic carbocycles. The fraction of sp³-hybridized carbons (Fsp3) is 0.333. The molecule has 1 aliphatic rings. The smallest absolute Gasteiger partial charge is 0.316 e. The highest BCUT2D eigenvalue weighted by Gasteiger charge is 2.25. The summed E-state index contributed by atoms with van der Waals surface area (Å²) in [6.07, 6.45) is 5.71. The van der Waals surface area contributed by atoms with Crippen LogP contribution in [-0.2, 0) is 13.2 Å². The molecule has 1 saturated heterocycles. The Labute approximate surface area is 186 Å². The Morgan fingerprint density at radius 3 is 2.81 bits per heavy atom. The second-order valence-electron chi connectivity index (χ2n) is 7.76. The Morgan fingerprint density at radius 1 is 1.23 bits per heavy atom. The summed E-state index contributed by atoms with van der Waals surface area (Å²) in [5.74, 6) is 1.36. The molecule has 8 nitrogen and oxygen atoms in total. The van der Waals surface area contributed by atoms with Gasteiger partial charge in [-0.2, -0.15) is 0 Å². The molecule has 1 aromatic carbocycles. The Morgan fingerprint density at radius 2 is 2.03 bits per heavy atom. The number of para-hydroxylation sites is 1. The van der Waals surface area contributed by atoms with Gasteiger partial charge in [0.05, 0.1) is 15.1 Å². The first-order valence-corrected chi connectivity index (χ1v) is 11.8. The molecule has 0 amide bonds. The van der Waals surface area contributed by atoms with E-state index in [1.165, 1.54) is 22.7 Å². The zero-order valence-electron chi connectivity index (χ0n) is 16.7. The first-order valence-electron chi connectivity index (χ1n) is 10.1. The van der Waals surface area contributed by atoms with E-state index in [9.17, 15) is 14.9 Å². The van der Waals surface area contributed by atoms with Gasteiger partial charge in [-0.3, -0.25) is 24.4 Å². The highest BCUT2D eigenvalue weighted by Crippen LogP contribution is 2.29. The summed E-state index contributed by atoms with van der Waals surface area (Å²) in [6, 6.07) is 9.54. The summed E-state index contributed by atoms with van der Waals surface area (Å²) in [5.41, 5.74) is 1.96. The first-order chi connectivity index (χ1) is 15.1. The van der Waals surface area contributed by atoms with Crippen molar-refractivity contribution in [3.05, 3.63) is 79.3 Å². The summed E-state index contributed by atoms with van der Waals surface area (Å²) >= 11 is 2.46. The number of likely N-dealkylation sites (tertiary alicyclic amines) is 1. The van der Waals surface area contributed by atoms with Gasteiger partial charge in [0.2, 0.25) is 0 Å². The number of thiazole rings is 1. The Balaban J connectivity index is 1.26. The molecule has 0 saturated carbocycles. The predicted octanol–water partition coefficient (Wildman–Crippen LogP) is 4.11. The molecule has 31 heavy (non-hydrogen) atoms. The topological polar surface area (TPSA) is 86.2 Å². The number of piperidine rings is 1. The van der Waals surface area contributed by atoms with Gasteiger partial charge >= 0.3 is 9.87 Å². The second-order valence-corrected chi connectivity index (χ2v) is 9.64. The van der Waals surface area contributed by atoms with E-state index in [0.717, 1.165) is 54.1 Å². The van der Waals surface area contributed by atoms with Gasteiger partial charge in [0.1, 0.15) is 12.5 Å². The van der Waals surface area contributed by atoms with Crippen LogP contribution in [0.25, 0.3) is 10.2 Å². The van der Waals surface area contributed by atoms with Crippen molar-refractivity contribution in [3.8, 4) is 0 Å². The SMILES string of the molecule is O=c1sc2ccccc2n1Cn1ccnc1C1CCN(Cc2csc([N+](=O)[O-])c2)CC1. The van der Waals surface area contributed by atoms with Crippen molar-refractivity contribution in [3.63, 3.8) is 0 Å². The summed E-state index contributed by atoms with van der Waals surface area (Å²) in [6.45, 7) is 3.05. The molecule has 5 rings (SSSR count). The molecule has 0 N–H and O–H groups in total. The molecule has 3 aromatic heterocycles. The number of hydrogen-bond donors (Lipinski definition) is 0. The van der Waals surface area contributed by atoms with E-state index in [2.05, 4.69) is 14.5 Å². The third-order valence-corrected chi connectivity index (χ3v) is 7.68. The van der Waals surface area contributed by atoms with Crippen LogP contribution in [0.1, 0.15) is 30.1 Å². The number of fused-ring (bicyclic) bond motifs is 1. The molecule has 0 spiro atoms. The van der Waals surface area contributed by atoms with Gasteiger partial charge in [-0.05, 0) is 43.6 Å². The van der Waals surface area contributed by atoms with Crippen LogP contribution < -0.4 is 4.87 Å². The van der Waals surface area contributed by atoms with Crippen LogP contribution >= 0.6 is 22.7 Å². The molecule has 4 heterocycles. The van der Waals surface area contributed by atoms with Crippen LogP contribution in [-0.4, -0.2) is 37.0 Å². The molecule has 1 aliphatic heterocycles. The monoisotopic (exact) mass is 455 g/mol. The average molecular weight is 456 g/mol. The van der Waals surface area contributed by atoms with E-state index in [1.807, 2.05) is 46.6 Å². The average Bonchev–Trinajstić information content (AvgIpc) is 3.49.